The summed E-state index contributed by atoms with van der Waals surface area (Å²) < 4.78 is 10.5. The first kappa shape index (κ1) is 13.5. The fourth-order valence-corrected chi connectivity index (χ4v) is 2.18. The van der Waals surface area contributed by atoms with Crippen molar-refractivity contribution in [2.75, 3.05) is 18.9 Å². The normalized spacial score (nSPS) is 16.6. The largest absolute Gasteiger partial charge is 0.459 e. The number of nitrogens with two attached hydrogens (primary N) is 1. The predicted octanol–water partition coefficient (Wildman–Crippen LogP) is 2.91. The van der Waals surface area contributed by atoms with Crippen molar-refractivity contribution in [3.8, 4) is 0 Å². The lowest BCUT2D eigenvalue weighted by molar-refractivity contribution is -0.0159. The molecule has 18 heavy (non-hydrogen) atoms. The fraction of sp³-hybridized carbons (Fsp3) is 0.417. The van der Waals surface area contributed by atoms with E-state index >= 15 is 0 Å². The molecule has 1 saturated heterocycles. The summed E-state index contributed by atoms with van der Waals surface area (Å²) >= 11 is 11.8. The fourth-order valence-electron chi connectivity index (χ4n) is 1.77. The van der Waals surface area contributed by atoms with Gasteiger partial charge in [0.1, 0.15) is 6.10 Å². The molecule has 98 valence electrons. The van der Waals surface area contributed by atoms with Crippen LogP contribution >= 0.6 is 23.2 Å². The maximum absolute atomic E-state index is 12.0. The highest BCUT2D eigenvalue weighted by Crippen LogP contribution is 2.29. The Balaban J connectivity index is 2.13. The quantitative estimate of drug-likeness (QED) is 0.672. The Labute approximate surface area is 115 Å². The number of hydrogen-bond donors (Lipinski definition) is 1. The van der Waals surface area contributed by atoms with E-state index in [0.29, 0.717) is 31.7 Å². The molecular formula is C12H13Cl2NO3. The predicted molar refractivity (Wildman–Crippen MR) is 70.1 cm³/mol. The van der Waals surface area contributed by atoms with Gasteiger partial charge in [-0.05, 0) is 12.1 Å². The minimum Gasteiger partial charge on any atom is -0.459 e. The lowest BCUT2D eigenvalue weighted by Crippen LogP contribution is -2.26. The number of ether oxygens (including phenoxy) is 2. The van der Waals surface area contributed by atoms with Gasteiger partial charge in [-0.1, -0.05) is 23.2 Å². The molecule has 1 aliphatic rings. The number of nitrogen functional groups attached to an aromatic ring is 1. The Morgan fingerprint density at radius 1 is 1.33 bits per heavy atom. The molecule has 0 aliphatic carbocycles. The number of rotatable bonds is 2. The molecule has 1 fully saturated rings. The summed E-state index contributed by atoms with van der Waals surface area (Å²) in [5.41, 5.74) is 6.21. The first-order chi connectivity index (χ1) is 8.58. The van der Waals surface area contributed by atoms with Gasteiger partial charge >= 0.3 is 5.97 Å². The van der Waals surface area contributed by atoms with Gasteiger partial charge in [-0.25, -0.2) is 4.79 Å². The Hall–Kier alpha value is -0.970. The Morgan fingerprint density at radius 2 is 2.00 bits per heavy atom. The minimum atomic E-state index is -0.499. The van der Waals surface area contributed by atoms with Crippen LogP contribution in [0, 0.1) is 0 Å². The van der Waals surface area contributed by atoms with E-state index < -0.39 is 5.97 Å². The van der Waals surface area contributed by atoms with Gasteiger partial charge in [0.05, 0.1) is 28.8 Å². The molecule has 0 atom stereocenters. The van der Waals surface area contributed by atoms with Crippen LogP contribution in [0.15, 0.2) is 12.1 Å². The molecule has 0 spiro atoms. The minimum absolute atomic E-state index is 0.137. The summed E-state index contributed by atoms with van der Waals surface area (Å²) in [6.45, 7) is 1.20. The average Bonchev–Trinajstić information content (AvgIpc) is 2.35. The van der Waals surface area contributed by atoms with Gasteiger partial charge in [0.15, 0.2) is 0 Å². The Kier molecular flexibility index (Phi) is 4.32. The van der Waals surface area contributed by atoms with Crippen LogP contribution in [0.25, 0.3) is 0 Å². The number of halogens is 2. The van der Waals surface area contributed by atoms with E-state index in [1.807, 2.05) is 0 Å². The average molecular weight is 290 g/mol. The van der Waals surface area contributed by atoms with Crippen LogP contribution < -0.4 is 5.73 Å². The van der Waals surface area contributed by atoms with E-state index in [1.54, 1.807) is 0 Å². The molecule has 1 aliphatic heterocycles. The molecular weight excluding hydrogens is 277 g/mol. The van der Waals surface area contributed by atoms with Crippen LogP contribution in [0.2, 0.25) is 10.0 Å². The van der Waals surface area contributed by atoms with Crippen molar-refractivity contribution < 1.29 is 14.3 Å². The van der Waals surface area contributed by atoms with Crippen molar-refractivity contribution in [1.82, 2.24) is 0 Å². The molecule has 0 radical (unpaired) electrons. The van der Waals surface area contributed by atoms with Crippen molar-refractivity contribution in [1.29, 1.82) is 0 Å². The SMILES string of the molecule is Nc1cc(Cl)c(Cl)c(C(=O)OC2CCOCC2)c1. The second-order valence-electron chi connectivity index (χ2n) is 4.08. The zero-order valence-corrected chi connectivity index (χ0v) is 11.1. The summed E-state index contributed by atoms with van der Waals surface area (Å²) in [5, 5.41) is 0.415. The standard InChI is InChI=1S/C12H13Cl2NO3/c13-10-6-7(15)5-9(11(10)14)12(16)18-8-1-3-17-4-2-8/h5-6,8H,1-4,15H2. The molecule has 0 aromatic heterocycles. The topological polar surface area (TPSA) is 61.6 Å². The maximum atomic E-state index is 12.0. The van der Waals surface area contributed by atoms with Gasteiger partial charge in [0.2, 0.25) is 0 Å². The van der Waals surface area contributed by atoms with Crippen LogP contribution in [0.4, 0.5) is 5.69 Å². The summed E-state index contributed by atoms with van der Waals surface area (Å²) in [6, 6.07) is 2.96. The van der Waals surface area contributed by atoms with Crippen LogP contribution in [0.3, 0.4) is 0 Å². The molecule has 0 unspecified atom stereocenters. The Morgan fingerprint density at radius 3 is 2.67 bits per heavy atom. The molecule has 2 N–H and O–H groups in total. The molecule has 0 amide bonds. The zero-order chi connectivity index (χ0) is 13.1. The number of anilines is 1. The molecule has 0 saturated carbocycles. The lowest BCUT2D eigenvalue weighted by atomic mass is 10.1. The van der Waals surface area contributed by atoms with Crippen LogP contribution in [0.1, 0.15) is 23.2 Å². The monoisotopic (exact) mass is 289 g/mol. The first-order valence-electron chi connectivity index (χ1n) is 5.61. The second kappa shape index (κ2) is 5.78. The van der Waals surface area contributed by atoms with Gasteiger partial charge in [-0.3, -0.25) is 0 Å². The first-order valence-corrected chi connectivity index (χ1v) is 6.37. The van der Waals surface area contributed by atoms with Crippen LogP contribution in [-0.2, 0) is 9.47 Å². The molecule has 6 heteroatoms. The van der Waals surface area contributed by atoms with Crippen molar-refractivity contribution in [3.63, 3.8) is 0 Å². The highest BCUT2D eigenvalue weighted by molar-refractivity contribution is 6.44. The van der Waals surface area contributed by atoms with E-state index in [-0.39, 0.29) is 21.7 Å². The zero-order valence-electron chi connectivity index (χ0n) is 9.62. The molecule has 4 nitrogen and oxygen atoms in total. The van der Waals surface area contributed by atoms with Crippen molar-refractivity contribution in [2.45, 2.75) is 18.9 Å². The third kappa shape index (κ3) is 3.07. The van der Waals surface area contributed by atoms with E-state index in [1.165, 1.54) is 12.1 Å². The summed E-state index contributed by atoms with van der Waals surface area (Å²) in [6.07, 6.45) is 1.25. The third-order valence-electron chi connectivity index (χ3n) is 2.71. The van der Waals surface area contributed by atoms with Gasteiger partial charge in [0, 0.05) is 18.5 Å². The van der Waals surface area contributed by atoms with Gasteiger partial charge in [0.25, 0.3) is 0 Å². The highest BCUT2D eigenvalue weighted by atomic mass is 35.5. The summed E-state index contributed by atoms with van der Waals surface area (Å²) in [7, 11) is 0. The van der Waals surface area contributed by atoms with Gasteiger partial charge in [-0.2, -0.15) is 0 Å². The van der Waals surface area contributed by atoms with E-state index in [4.69, 9.17) is 38.4 Å². The Bertz CT molecular complexity index is 459. The van der Waals surface area contributed by atoms with Gasteiger partial charge in [-0.15, -0.1) is 0 Å². The van der Waals surface area contributed by atoms with E-state index in [0.717, 1.165) is 0 Å². The smallest absolute Gasteiger partial charge is 0.340 e. The molecule has 1 aromatic carbocycles. The highest BCUT2D eigenvalue weighted by Gasteiger charge is 2.22. The van der Waals surface area contributed by atoms with E-state index in [2.05, 4.69) is 0 Å². The van der Waals surface area contributed by atoms with Crippen LogP contribution in [-0.4, -0.2) is 25.3 Å². The molecule has 1 aromatic rings. The summed E-state index contributed by atoms with van der Waals surface area (Å²) in [4.78, 5) is 12.0. The lowest BCUT2D eigenvalue weighted by Gasteiger charge is -2.22. The van der Waals surface area contributed by atoms with E-state index in [9.17, 15) is 4.79 Å². The number of esters is 1. The summed E-state index contributed by atoms with van der Waals surface area (Å²) in [5.74, 6) is -0.499. The number of carbonyl (C=O) groups excluding carboxylic acids is 1. The molecule has 0 bridgehead atoms. The van der Waals surface area contributed by atoms with Crippen LogP contribution in [0.5, 0.6) is 0 Å². The maximum Gasteiger partial charge on any atom is 0.340 e. The third-order valence-corrected chi connectivity index (χ3v) is 3.51. The molecule has 1 heterocycles. The van der Waals surface area contributed by atoms with Crippen molar-refractivity contribution in [2.24, 2.45) is 0 Å². The number of benzene rings is 1. The number of carbonyl (C=O) groups is 1. The molecule has 2 rings (SSSR count). The number of hydrogen-bond acceptors (Lipinski definition) is 4. The van der Waals surface area contributed by atoms with Crippen molar-refractivity contribution in [3.05, 3.63) is 27.7 Å². The van der Waals surface area contributed by atoms with Gasteiger partial charge < -0.3 is 15.2 Å². The van der Waals surface area contributed by atoms with Crippen molar-refractivity contribution >= 4 is 34.9 Å². The second-order valence-corrected chi connectivity index (χ2v) is 4.87.